The van der Waals surface area contributed by atoms with Crippen molar-refractivity contribution in [3.63, 3.8) is 0 Å². The SMILES string of the molecule is CC1(C)CC[C@]2(CCC(=O)O)CC[C@]3(C)C(C(=O)C=C4[C@@]5(C)C=C(C#N)C(=O)C(C)(C)C5CC[C@]43C)C2C1. The van der Waals surface area contributed by atoms with Crippen LogP contribution in [0, 0.1) is 61.6 Å². The van der Waals surface area contributed by atoms with Gasteiger partial charge in [0.25, 0.3) is 0 Å². The average molecular weight is 520 g/mol. The molecule has 5 aliphatic rings. The van der Waals surface area contributed by atoms with Crippen molar-refractivity contribution in [3.8, 4) is 6.07 Å². The van der Waals surface area contributed by atoms with Crippen LogP contribution in [0.5, 0.6) is 0 Å². The molecule has 5 heteroatoms. The van der Waals surface area contributed by atoms with E-state index >= 15 is 0 Å². The van der Waals surface area contributed by atoms with Crippen LogP contribution in [0.2, 0.25) is 0 Å². The van der Waals surface area contributed by atoms with Crippen molar-refractivity contribution in [1.82, 2.24) is 0 Å². The lowest BCUT2D eigenvalue weighted by Gasteiger charge is -2.69. The molecule has 0 radical (unpaired) electrons. The number of carbonyl (C=O) groups excluding carboxylic acids is 2. The maximum Gasteiger partial charge on any atom is 0.303 e. The summed E-state index contributed by atoms with van der Waals surface area (Å²) in [6, 6.07) is 2.18. The van der Waals surface area contributed by atoms with Gasteiger partial charge in [-0.15, -0.1) is 0 Å². The van der Waals surface area contributed by atoms with Gasteiger partial charge in [0.1, 0.15) is 6.07 Å². The van der Waals surface area contributed by atoms with Gasteiger partial charge in [-0.3, -0.25) is 14.4 Å². The lowest BCUT2D eigenvalue weighted by molar-refractivity contribution is -0.173. The first kappa shape index (κ1) is 27.4. The third-order valence-corrected chi connectivity index (χ3v) is 12.9. The molecular weight excluding hydrogens is 474 g/mol. The number of carboxylic acids is 1. The fourth-order valence-corrected chi connectivity index (χ4v) is 10.5. The minimum absolute atomic E-state index is 0.0405. The van der Waals surface area contributed by atoms with Gasteiger partial charge in [-0.05, 0) is 90.9 Å². The number of Topliss-reactive ketones (excluding diaryl/α,β-unsaturated/α-hetero) is 1. The van der Waals surface area contributed by atoms with Crippen molar-refractivity contribution in [2.24, 2.45) is 50.2 Å². The topological polar surface area (TPSA) is 95.2 Å². The quantitative estimate of drug-likeness (QED) is 0.430. The number of carbonyl (C=O) groups is 3. The summed E-state index contributed by atoms with van der Waals surface area (Å²) in [4.78, 5) is 39.3. The molecule has 3 saturated carbocycles. The van der Waals surface area contributed by atoms with Crippen LogP contribution >= 0.6 is 0 Å². The monoisotopic (exact) mass is 519 g/mol. The Morgan fingerprint density at radius 3 is 2.32 bits per heavy atom. The number of hydrogen-bond acceptors (Lipinski definition) is 4. The molecule has 206 valence electrons. The van der Waals surface area contributed by atoms with Crippen LogP contribution in [0.15, 0.2) is 23.3 Å². The highest BCUT2D eigenvalue weighted by molar-refractivity contribution is 6.04. The second-order valence-electron chi connectivity index (χ2n) is 15.5. The second-order valence-corrected chi connectivity index (χ2v) is 15.5. The Balaban J connectivity index is 1.66. The molecule has 1 N–H and O–H groups in total. The number of aliphatic carboxylic acids is 1. The van der Waals surface area contributed by atoms with Crippen LogP contribution in [0.3, 0.4) is 0 Å². The van der Waals surface area contributed by atoms with Crippen molar-refractivity contribution >= 4 is 17.5 Å². The van der Waals surface area contributed by atoms with Crippen LogP contribution < -0.4 is 0 Å². The lowest BCUT2D eigenvalue weighted by Crippen LogP contribution is -2.64. The number of carboxylic acid groups (broad SMARTS) is 1. The second kappa shape index (κ2) is 8.15. The first-order valence-corrected chi connectivity index (χ1v) is 14.6. The summed E-state index contributed by atoms with van der Waals surface area (Å²) in [6.07, 6.45) is 11.4. The normalized spacial score (nSPS) is 44.8. The zero-order valence-corrected chi connectivity index (χ0v) is 24.4. The Morgan fingerprint density at radius 1 is 1.03 bits per heavy atom. The number of ketones is 2. The van der Waals surface area contributed by atoms with E-state index in [0.717, 1.165) is 50.5 Å². The van der Waals surface area contributed by atoms with Gasteiger partial charge in [0, 0.05) is 23.2 Å². The summed E-state index contributed by atoms with van der Waals surface area (Å²) >= 11 is 0. The van der Waals surface area contributed by atoms with E-state index in [0.29, 0.717) is 6.42 Å². The van der Waals surface area contributed by atoms with Gasteiger partial charge in [0.2, 0.25) is 0 Å². The maximum atomic E-state index is 14.4. The molecule has 0 aromatic rings. The largest absolute Gasteiger partial charge is 0.481 e. The molecule has 0 bridgehead atoms. The van der Waals surface area contributed by atoms with Crippen LogP contribution in [0.4, 0.5) is 0 Å². The van der Waals surface area contributed by atoms with E-state index in [1.807, 2.05) is 26.0 Å². The molecule has 0 aromatic heterocycles. The predicted octanol–water partition coefficient (Wildman–Crippen LogP) is 7.07. The standard InChI is InChI=1S/C33H45NO4/c1-28(2)12-14-33(11-9-25(36)37)15-13-32(7)26(21(33)18-28)22(35)16-24-30(5)17-20(19-34)27(38)29(3,4)23(30)8-10-31(24,32)6/h16-17,21,23,26H,8-15,18H2,1-7H3,(H,36,37)/t21?,23?,26?,30-,31+,32+,33+/m0/s1. The van der Waals surface area contributed by atoms with Gasteiger partial charge in [-0.25, -0.2) is 0 Å². The smallest absolute Gasteiger partial charge is 0.303 e. The van der Waals surface area contributed by atoms with E-state index < -0.39 is 16.8 Å². The minimum atomic E-state index is -0.749. The highest BCUT2D eigenvalue weighted by Gasteiger charge is 2.69. The predicted molar refractivity (Wildman–Crippen MR) is 146 cm³/mol. The lowest BCUT2D eigenvalue weighted by atomic mass is 9.34. The molecule has 5 aliphatic carbocycles. The molecule has 0 heterocycles. The number of allylic oxidation sites excluding steroid dienone is 4. The Bertz CT molecular complexity index is 1220. The molecular formula is C33H45NO4. The third kappa shape index (κ3) is 3.44. The van der Waals surface area contributed by atoms with Crippen LogP contribution in [0.1, 0.15) is 106 Å². The van der Waals surface area contributed by atoms with Crippen molar-refractivity contribution in [1.29, 1.82) is 5.26 Å². The Labute approximate surface area is 228 Å². The van der Waals surface area contributed by atoms with Gasteiger partial charge in [-0.1, -0.05) is 60.1 Å². The molecule has 3 unspecified atom stereocenters. The van der Waals surface area contributed by atoms with Gasteiger partial charge in [0.15, 0.2) is 11.6 Å². The van der Waals surface area contributed by atoms with Crippen molar-refractivity contribution < 1.29 is 19.5 Å². The number of nitriles is 1. The van der Waals surface area contributed by atoms with E-state index in [1.165, 1.54) is 0 Å². The van der Waals surface area contributed by atoms with Gasteiger partial charge < -0.3 is 5.11 Å². The summed E-state index contributed by atoms with van der Waals surface area (Å²) < 4.78 is 0. The zero-order valence-electron chi connectivity index (χ0n) is 24.4. The minimum Gasteiger partial charge on any atom is -0.481 e. The number of hydrogen-bond donors (Lipinski definition) is 1. The van der Waals surface area contributed by atoms with E-state index in [9.17, 15) is 24.8 Å². The zero-order chi connectivity index (χ0) is 28.1. The Morgan fingerprint density at radius 2 is 1.68 bits per heavy atom. The number of nitrogens with zero attached hydrogens (tertiary/aromatic N) is 1. The van der Waals surface area contributed by atoms with Crippen molar-refractivity contribution in [3.05, 3.63) is 23.3 Å². The molecule has 7 atom stereocenters. The van der Waals surface area contributed by atoms with Gasteiger partial charge in [-0.2, -0.15) is 5.26 Å². The highest BCUT2D eigenvalue weighted by Crippen LogP contribution is 2.75. The van der Waals surface area contributed by atoms with E-state index in [1.54, 1.807) is 0 Å². The average Bonchev–Trinajstić information content (AvgIpc) is 2.82. The fraction of sp³-hybridized carbons (Fsp3) is 0.758. The summed E-state index contributed by atoms with van der Waals surface area (Å²) in [6.45, 7) is 15.4. The van der Waals surface area contributed by atoms with Crippen molar-refractivity contribution in [2.45, 2.75) is 106 Å². The molecule has 5 nitrogen and oxygen atoms in total. The molecule has 38 heavy (non-hydrogen) atoms. The molecule has 0 spiro atoms. The summed E-state index contributed by atoms with van der Waals surface area (Å²) in [5.41, 5.74) is -0.293. The third-order valence-electron chi connectivity index (χ3n) is 12.9. The first-order valence-electron chi connectivity index (χ1n) is 14.6. The van der Waals surface area contributed by atoms with Crippen LogP contribution in [0.25, 0.3) is 0 Å². The van der Waals surface area contributed by atoms with Gasteiger partial charge in [0.05, 0.1) is 5.57 Å². The van der Waals surface area contributed by atoms with E-state index in [2.05, 4.69) is 40.7 Å². The first-order chi connectivity index (χ1) is 17.5. The summed E-state index contributed by atoms with van der Waals surface area (Å²) in [7, 11) is 0. The summed E-state index contributed by atoms with van der Waals surface area (Å²) in [5, 5.41) is 19.5. The van der Waals surface area contributed by atoms with Crippen molar-refractivity contribution in [2.75, 3.05) is 0 Å². The fourth-order valence-electron chi connectivity index (χ4n) is 10.5. The molecule has 0 saturated heterocycles. The molecule has 5 rings (SSSR count). The van der Waals surface area contributed by atoms with Crippen LogP contribution in [-0.4, -0.2) is 22.6 Å². The van der Waals surface area contributed by atoms with E-state index in [-0.39, 0.29) is 63.0 Å². The number of rotatable bonds is 3. The molecule has 0 aliphatic heterocycles. The van der Waals surface area contributed by atoms with Gasteiger partial charge >= 0.3 is 5.97 Å². The summed E-state index contributed by atoms with van der Waals surface area (Å²) in [5.74, 6) is -0.559. The molecule has 0 aromatic carbocycles. The Kier molecular flexibility index (Phi) is 5.87. The van der Waals surface area contributed by atoms with E-state index in [4.69, 9.17) is 0 Å². The maximum absolute atomic E-state index is 14.4. The number of fused-ring (bicyclic) bond motifs is 7. The van der Waals surface area contributed by atoms with Crippen LogP contribution in [-0.2, 0) is 14.4 Å². The molecule has 0 amide bonds. The molecule has 3 fully saturated rings. The Hall–Kier alpha value is -2.22. The highest BCUT2D eigenvalue weighted by atomic mass is 16.4.